The second kappa shape index (κ2) is 13.2. The molecule has 0 radical (unpaired) electrons. The van der Waals surface area contributed by atoms with E-state index in [1.165, 1.54) is 16.0 Å². The van der Waals surface area contributed by atoms with Gasteiger partial charge in [0.25, 0.3) is 11.8 Å². The Labute approximate surface area is 325 Å². The number of anilines is 1. The zero-order valence-corrected chi connectivity index (χ0v) is 31.0. The maximum atomic E-state index is 15.2. The fraction of sp³-hybridized carbons (Fsp3) is 0.0385. The smallest absolute Gasteiger partial charge is 0.268 e. The van der Waals surface area contributed by atoms with Crippen molar-refractivity contribution in [1.82, 2.24) is 4.57 Å². The van der Waals surface area contributed by atoms with Crippen LogP contribution in [0.4, 0.5) is 5.69 Å². The van der Waals surface area contributed by atoms with Gasteiger partial charge in [-0.1, -0.05) is 152 Å². The summed E-state index contributed by atoms with van der Waals surface area (Å²) in [6.07, 6.45) is 0. The molecule has 0 N–H and O–H groups in total. The highest BCUT2D eigenvalue weighted by molar-refractivity contribution is 6.37. The molecule has 56 heavy (non-hydrogen) atoms. The number of carbonyl (C=O) groups excluding carboxylic acids is 2. The van der Waals surface area contributed by atoms with Crippen LogP contribution in [-0.2, 0) is 0 Å². The Morgan fingerprint density at radius 2 is 0.839 bits per heavy atom. The van der Waals surface area contributed by atoms with E-state index in [0.717, 1.165) is 66.3 Å². The molecule has 1 aliphatic heterocycles. The first-order valence-corrected chi connectivity index (χ1v) is 18.9. The van der Waals surface area contributed by atoms with Crippen LogP contribution in [0, 0.1) is 13.8 Å². The SMILES string of the molecule is Cc1ccccc1-c1ccc2c3ccc(-c4ccccc4C)cc3n(-c3cccc4c3C(=O)N(c3cccc(-c5ccccc5)c3-c3ccccc3)C4=O)c2c1. The van der Waals surface area contributed by atoms with E-state index < -0.39 is 0 Å². The van der Waals surface area contributed by atoms with E-state index in [1.807, 2.05) is 72.8 Å². The first kappa shape index (κ1) is 33.3. The standard InChI is InChI=1S/C52H36N2O2/c1-33-15-9-11-21-39(33)37-27-29-42-43-30-28-38(40-22-12-10-16-34(40)2)32-48(43)53(47(42)31-37)46-26-14-24-44-50(46)52(56)54(51(44)55)45-25-13-23-41(35-17-5-3-6-18-35)49(45)36-19-7-4-8-20-36/h3-32H,1-2H3. The number of amides is 2. The van der Waals surface area contributed by atoms with Gasteiger partial charge in [0.2, 0.25) is 0 Å². The van der Waals surface area contributed by atoms with Gasteiger partial charge in [-0.05, 0) is 94.3 Å². The van der Waals surface area contributed by atoms with Gasteiger partial charge in [-0.25, -0.2) is 4.90 Å². The first-order chi connectivity index (χ1) is 27.5. The van der Waals surface area contributed by atoms with Crippen molar-refractivity contribution in [3.05, 3.63) is 204 Å². The number of nitrogens with zero attached hydrogens (tertiary/aromatic N) is 2. The predicted molar refractivity (Wildman–Crippen MR) is 230 cm³/mol. The van der Waals surface area contributed by atoms with Crippen LogP contribution >= 0.6 is 0 Å². The van der Waals surface area contributed by atoms with Gasteiger partial charge in [0.05, 0.1) is 33.5 Å². The van der Waals surface area contributed by atoms with Crippen molar-refractivity contribution < 1.29 is 9.59 Å². The van der Waals surface area contributed by atoms with Crippen molar-refractivity contribution in [2.45, 2.75) is 13.8 Å². The molecule has 9 aromatic rings. The van der Waals surface area contributed by atoms with E-state index in [4.69, 9.17) is 0 Å². The van der Waals surface area contributed by atoms with E-state index in [2.05, 4.69) is 122 Å². The topological polar surface area (TPSA) is 42.3 Å². The molecular weight excluding hydrogens is 685 g/mol. The molecule has 0 spiro atoms. The summed E-state index contributed by atoms with van der Waals surface area (Å²) >= 11 is 0. The molecule has 0 bridgehead atoms. The predicted octanol–water partition coefficient (Wildman–Crippen LogP) is 12.9. The van der Waals surface area contributed by atoms with Gasteiger partial charge in [-0.2, -0.15) is 0 Å². The Kier molecular flexibility index (Phi) is 7.86. The summed E-state index contributed by atoms with van der Waals surface area (Å²) in [7, 11) is 0. The van der Waals surface area contributed by atoms with Crippen LogP contribution in [0.1, 0.15) is 31.8 Å². The molecule has 0 atom stereocenters. The van der Waals surface area contributed by atoms with Gasteiger partial charge in [0.1, 0.15) is 0 Å². The molecule has 1 aromatic heterocycles. The summed E-state index contributed by atoms with van der Waals surface area (Å²) in [4.78, 5) is 31.3. The van der Waals surface area contributed by atoms with Crippen LogP contribution in [0.3, 0.4) is 0 Å². The summed E-state index contributed by atoms with van der Waals surface area (Å²) in [5, 5.41) is 2.14. The average Bonchev–Trinajstić information content (AvgIpc) is 3.70. The number of aryl methyl sites for hydroxylation is 2. The summed E-state index contributed by atoms with van der Waals surface area (Å²) in [6, 6.07) is 61.7. The quantitative estimate of drug-likeness (QED) is 0.161. The molecule has 4 heteroatoms. The third-order valence-corrected chi connectivity index (χ3v) is 11.2. The van der Waals surface area contributed by atoms with Crippen molar-refractivity contribution in [2.24, 2.45) is 0 Å². The highest BCUT2D eigenvalue weighted by Crippen LogP contribution is 2.45. The zero-order chi connectivity index (χ0) is 37.9. The Morgan fingerprint density at radius 1 is 0.357 bits per heavy atom. The molecule has 2 amide bonds. The van der Waals surface area contributed by atoms with Crippen molar-refractivity contribution in [3.8, 4) is 50.2 Å². The Hall–Kier alpha value is -7.30. The second-order valence-electron chi connectivity index (χ2n) is 14.5. The minimum absolute atomic E-state index is 0.337. The Balaban J connectivity index is 1.22. The van der Waals surface area contributed by atoms with Gasteiger partial charge in [0.15, 0.2) is 0 Å². The molecular formula is C52H36N2O2. The summed E-state index contributed by atoms with van der Waals surface area (Å²) in [6.45, 7) is 4.26. The summed E-state index contributed by atoms with van der Waals surface area (Å²) in [5.74, 6) is -0.681. The van der Waals surface area contributed by atoms with Crippen LogP contribution in [0.15, 0.2) is 182 Å². The van der Waals surface area contributed by atoms with Crippen molar-refractivity contribution in [2.75, 3.05) is 4.90 Å². The molecule has 0 fully saturated rings. The molecule has 2 heterocycles. The zero-order valence-electron chi connectivity index (χ0n) is 31.0. The van der Waals surface area contributed by atoms with Crippen LogP contribution in [0.25, 0.3) is 72.0 Å². The number of fused-ring (bicyclic) bond motifs is 4. The van der Waals surface area contributed by atoms with Gasteiger partial charge >= 0.3 is 0 Å². The normalized spacial score (nSPS) is 12.5. The largest absolute Gasteiger partial charge is 0.308 e. The van der Waals surface area contributed by atoms with Crippen molar-refractivity contribution in [1.29, 1.82) is 0 Å². The molecule has 0 saturated heterocycles. The molecule has 10 rings (SSSR count). The maximum absolute atomic E-state index is 15.2. The third kappa shape index (κ3) is 5.22. The van der Waals surface area contributed by atoms with Gasteiger partial charge in [0, 0.05) is 16.3 Å². The average molecular weight is 721 g/mol. The number of hydrogen-bond acceptors (Lipinski definition) is 2. The fourth-order valence-electron chi connectivity index (χ4n) is 8.57. The van der Waals surface area contributed by atoms with E-state index in [0.29, 0.717) is 22.5 Å². The minimum atomic E-state index is -0.344. The van der Waals surface area contributed by atoms with Gasteiger partial charge in [-0.15, -0.1) is 0 Å². The summed E-state index contributed by atoms with van der Waals surface area (Å²) in [5.41, 5.74) is 14.5. The highest BCUT2D eigenvalue weighted by Gasteiger charge is 2.41. The van der Waals surface area contributed by atoms with Crippen molar-refractivity contribution in [3.63, 3.8) is 0 Å². The lowest BCUT2D eigenvalue weighted by atomic mass is 9.92. The van der Waals surface area contributed by atoms with Gasteiger partial charge < -0.3 is 4.57 Å². The van der Waals surface area contributed by atoms with Crippen LogP contribution in [-0.4, -0.2) is 16.4 Å². The molecule has 0 unspecified atom stereocenters. The maximum Gasteiger partial charge on any atom is 0.268 e. The number of carbonyl (C=O) groups is 2. The molecule has 4 nitrogen and oxygen atoms in total. The molecule has 0 saturated carbocycles. The third-order valence-electron chi connectivity index (χ3n) is 11.2. The summed E-state index contributed by atoms with van der Waals surface area (Å²) < 4.78 is 2.19. The van der Waals surface area contributed by atoms with E-state index >= 15 is 4.79 Å². The molecule has 8 aromatic carbocycles. The monoisotopic (exact) mass is 720 g/mol. The van der Waals surface area contributed by atoms with Gasteiger partial charge in [-0.3, -0.25) is 9.59 Å². The lowest BCUT2D eigenvalue weighted by molar-refractivity contribution is 0.0926. The highest BCUT2D eigenvalue weighted by atomic mass is 16.2. The Bertz CT molecular complexity index is 2930. The molecule has 1 aliphatic rings. The fourth-order valence-corrected chi connectivity index (χ4v) is 8.57. The van der Waals surface area contributed by atoms with E-state index in [-0.39, 0.29) is 11.8 Å². The lowest BCUT2D eigenvalue weighted by Gasteiger charge is -2.22. The van der Waals surface area contributed by atoms with Crippen LogP contribution in [0.5, 0.6) is 0 Å². The number of imide groups is 1. The minimum Gasteiger partial charge on any atom is -0.308 e. The van der Waals surface area contributed by atoms with Crippen molar-refractivity contribution >= 4 is 39.3 Å². The van der Waals surface area contributed by atoms with E-state index in [9.17, 15) is 4.79 Å². The van der Waals surface area contributed by atoms with Crippen LogP contribution < -0.4 is 4.90 Å². The Morgan fingerprint density at radius 3 is 1.41 bits per heavy atom. The molecule has 266 valence electrons. The lowest BCUT2D eigenvalue weighted by Crippen LogP contribution is -2.30. The number of aromatic nitrogens is 1. The molecule has 0 aliphatic carbocycles. The van der Waals surface area contributed by atoms with Crippen LogP contribution in [0.2, 0.25) is 0 Å². The number of rotatable bonds is 6. The van der Waals surface area contributed by atoms with E-state index in [1.54, 1.807) is 6.07 Å². The number of benzene rings is 8. The second-order valence-corrected chi connectivity index (χ2v) is 14.5. The first-order valence-electron chi connectivity index (χ1n) is 18.9. The number of hydrogen-bond donors (Lipinski definition) is 0.